The van der Waals surface area contributed by atoms with Crippen LogP contribution in [0.15, 0.2) is 6.20 Å². The normalized spacial score (nSPS) is 11.7. The number of amides is 2. The number of hydrazine groups is 1. The van der Waals surface area contributed by atoms with E-state index in [1.54, 1.807) is 20.0 Å². The van der Waals surface area contributed by atoms with E-state index < -0.39 is 5.92 Å². The monoisotopic (exact) mass is 323 g/mol. The molecule has 0 radical (unpaired) electrons. The maximum Gasteiger partial charge on any atom is 0.243 e. The van der Waals surface area contributed by atoms with Crippen molar-refractivity contribution in [1.82, 2.24) is 20.5 Å². The molecular weight excluding hydrogens is 298 g/mol. The fourth-order valence-electron chi connectivity index (χ4n) is 2.09. The number of hydrogen-bond donors (Lipinski definition) is 3. The zero-order valence-electron chi connectivity index (χ0n) is 13.9. The summed E-state index contributed by atoms with van der Waals surface area (Å²) >= 11 is 0. The van der Waals surface area contributed by atoms with Gasteiger partial charge in [-0.25, -0.2) is 10.0 Å². The number of nitrogens with zero attached hydrogens (tertiary/aromatic N) is 3. The molecule has 1 heterocycles. The topological polar surface area (TPSA) is 107 Å². The van der Waals surface area contributed by atoms with Crippen LogP contribution in [0.5, 0.6) is 0 Å². The maximum absolute atomic E-state index is 12.3. The molecule has 3 N–H and O–H groups in total. The Hall–Kier alpha value is -2.22. The maximum atomic E-state index is 12.3. The Kier molecular flexibility index (Phi) is 7.96. The average molecular weight is 323 g/mol. The predicted octanol–water partition coefficient (Wildman–Crippen LogP) is 1.58. The van der Waals surface area contributed by atoms with Crippen LogP contribution in [0.1, 0.15) is 44.0 Å². The number of carbonyl (C=O) groups excluding carboxylic acids is 2. The molecule has 8 nitrogen and oxygen atoms in total. The fourth-order valence-corrected chi connectivity index (χ4v) is 2.09. The van der Waals surface area contributed by atoms with Gasteiger partial charge in [-0.3, -0.25) is 30.6 Å². The molecule has 0 aliphatic carbocycles. The van der Waals surface area contributed by atoms with Gasteiger partial charge in [0.25, 0.3) is 0 Å². The van der Waals surface area contributed by atoms with Gasteiger partial charge in [0.2, 0.25) is 12.3 Å². The number of rotatable bonds is 10. The van der Waals surface area contributed by atoms with Crippen LogP contribution in [0, 0.1) is 19.8 Å². The zero-order valence-corrected chi connectivity index (χ0v) is 13.9. The van der Waals surface area contributed by atoms with Gasteiger partial charge in [0.15, 0.2) is 5.82 Å². The molecule has 0 bridgehead atoms. The molecule has 8 heteroatoms. The number of aryl methyl sites for hydroxylation is 2. The number of unbranched alkanes of at least 4 members (excludes halogenated alkanes) is 2. The summed E-state index contributed by atoms with van der Waals surface area (Å²) in [6, 6.07) is 0. The third-order valence-electron chi connectivity index (χ3n) is 3.44. The van der Waals surface area contributed by atoms with Crippen LogP contribution in [-0.2, 0) is 9.59 Å². The smallest absolute Gasteiger partial charge is 0.243 e. The van der Waals surface area contributed by atoms with Crippen LogP contribution < -0.4 is 10.9 Å². The van der Waals surface area contributed by atoms with E-state index in [4.69, 9.17) is 0 Å². The molecule has 1 aromatic heterocycles. The van der Waals surface area contributed by atoms with Crippen molar-refractivity contribution in [3.8, 4) is 0 Å². The van der Waals surface area contributed by atoms with Crippen molar-refractivity contribution in [3.63, 3.8) is 0 Å². The number of nitrogens with one attached hydrogen (secondary N) is 2. The van der Waals surface area contributed by atoms with Crippen LogP contribution in [0.25, 0.3) is 0 Å². The number of aromatic nitrogens is 2. The summed E-state index contributed by atoms with van der Waals surface area (Å²) in [6.07, 6.45) is 5.40. The van der Waals surface area contributed by atoms with E-state index in [1.807, 2.05) is 0 Å². The van der Waals surface area contributed by atoms with Gasteiger partial charge in [-0.2, -0.15) is 0 Å². The van der Waals surface area contributed by atoms with Crippen molar-refractivity contribution in [1.29, 1.82) is 0 Å². The number of anilines is 1. The molecule has 0 fully saturated rings. The second-order valence-electron chi connectivity index (χ2n) is 5.48. The Labute approximate surface area is 136 Å². The summed E-state index contributed by atoms with van der Waals surface area (Å²) in [7, 11) is 0. The third-order valence-corrected chi connectivity index (χ3v) is 3.44. The molecule has 1 atom stereocenters. The Balaban J connectivity index is 2.64. The van der Waals surface area contributed by atoms with Crippen molar-refractivity contribution in [2.24, 2.45) is 5.92 Å². The highest BCUT2D eigenvalue weighted by atomic mass is 16.5. The van der Waals surface area contributed by atoms with Gasteiger partial charge >= 0.3 is 0 Å². The molecule has 0 unspecified atom stereocenters. The molecule has 0 saturated heterocycles. The van der Waals surface area contributed by atoms with E-state index in [9.17, 15) is 14.8 Å². The second kappa shape index (κ2) is 9.73. The van der Waals surface area contributed by atoms with Gasteiger partial charge in [0, 0.05) is 6.20 Å². The van der Waals surface area contributed by atoms with E-state index in [2.05, 4.69) is 27.7 Å². The first-order valence-electron chi connectivity index (χ1n) is 7.74. The van der Waals surface area contributed by atoms with E-state index >= 15 is 0 Å². The summed E-state index contributed by atoms with van der Waals surface area (Å²) in [4.78, 5) is 31.3. The van der Waals surface area contributed by atoms with Crippen molar-refractivity contribution >= 4 is 18.1 Å². The van der Waals surface area contributed by atoms with Crippen molar-refractivity contribution in [2.75, 3.05) is 12.0 Å². The zero-order chi connectivity index (χ0) is 17.2. The minimum atomic E-state index is -0.498. The SMILES string of the molecule is CCCCC[C@@H](CN(O)C=O)C(=O)NNc1nc(C)cnc1C. The highest BCUT2D eigenvalue weighted by Gasteiger charge is 2.20. The van der Waals surface area contributed by atoms with Crippen LogP contribution in [0.3, 0.4) is 0 Å². The summed E-state index contributed by atoms with van der Waals surface area (Å²) in [5.74, 6) is -0.325. The lowest BCUT2D eigenvalue weighted by Crippen LogP contribution is -2.40. The first-order chi connectivity index (χ1) is 11.0. The first-order valence-corrected chi connectivity index (χ1v) is 7.74. The number of hydrogen-bond acceptors (Lipinski definition) is 6. The second-order valence-corrected chi connectivity index (χ2v) is 5.48. The largest absolute Gasteiger partial charge is 0.286 e. The number of hydroxylamine groups is 2. The molecule has 0 aliphatic heterocycles. The van der Waals surface area contributed by atoms with Crippen molar-refractivity contribution in [3.05, 3.63) is 17.6 Å². The lowest BCUT2D eigenvalue weighted by molar-refractivity contribution is -0.154. The van der Waals surface area contributed by atoms with Gasteiger partial charge in [-0.1, -0.05) is 26.2 Å². The lowest BCUT2D eigenvalue weighted by atomic mass is 10.0. The van der Waals surface area contributed by atoms with Crippen LogP contribution in [0.2, 0.25) is 0 Å². The van der Waals surface area contributed by atoms with Gasteiger partial charge < -0.3 is 0 Å². The van der Waals surface area contributed by atoms with Crippen LogP contribution >= 0.6 is 0 Å². The molecule has 2 amide bonds. The van der Waals surface area contributed by atoms with Gasteiger partial charge in [-0.15, -0.1) is 0 Å². The summed E-state index contributed by atoms with van der Waals surface area (Å²) < 4.78 is 0. The lowest BCUT2D eigenvalue weighted by Gasteiger charge is -2.20. The van der Waals surface area contributed by atoms with Crippen molar-refractivity contribution in [2.45, 2.75) is 46.5 Å². The van der Waals surface area contributed by atoms with Gasteiger partial charge in [0.1, 0.15) is 0 Å². The molecular formula is C15H25N5O3. The molecule has 0 spiro atoms. The Morgan fingerprint density at radius 2 is 2.17 bits per heavy atom. The molecule has 0 aromatic carbocycles. The average Bonchev–Trinajstić information content (AvgIpc) is 2.54. The summed E-state index contributed by atoms with van der Waals surface area (Å²) in [6.45, 7) is 5.61. The van der Waals surface area contributed by atoms with E-state index in [-0.39, 0.29) is 12.5 Å². The molecule has 0 aliphatic rings. The van der Waals surface area contributed by atoms with Crippen molar-refractivity contribution < 1.29 is 14.8 Å². The van der Waals surface area contributed by atoms with E-state index in [0.717, 1.165) is 25.0 Å². The summed E-state index contributed by atoms with van der Waals surface area (Å²) in [5.41, 5.74) is 6.73. The van der Waals surface area contributed by atoms with Crippen LogP contribution in [-0.4, -0.2) is 39.1 Å². The van der Waals surface area contributed by atoms with E-state index in [1.165, 1.54) is 0 Å². The Bertz CT molecular complexity index is 524. The third kappa shape index (κ3) is 6.60. The standard InChI is InChI=1S/C15H25N5O3/c1-4-5-6-7-13(9-20(23)10-21)15(22)19-18-14-12(3)16-8-11(2)17-14/h8,10,13,23H,4-7,9H2,1-3H3,(H,17,18)(H,19,22)/t13-/m0/s1. The molecule has 0 saturated carbocycles. The quantitative estimate of drug-likeness (QED) is 0.261. The molecule has 23 heavy (non-hydrogen) atoms. The minimum Gasteiger partial charge on any atom is -0.286 e. The first kappa shape index (κ1) is 18.8. The fraction of sp³-hybridized carbons (Fsp3) is 0.600. The molecule has 1 rings (SSSR count). The Morgan fingerprint density at radius 1 is 1.43 bits per heavy atom. The number of carbonyl (C=O) groups is 2. The Morgan fingerprint density at radius 3 is 2.83 bits per heavy atom. The van der Waals surface area contributed by atoms with Gasteiger partial charge in [0.05, 0.1) is 23.9 Å². The highest BCUT2D eigenvalue weighted by Crippen LogP contribution is 2.12. The van der Waals surface area contributed by atoms with Crippen LogP contribution in [0.4, 0.5) is 5.82 Å². The van der Waals surface area contributed by atoms with E-state index in [0.29, 0.717) is 29.4 Å². The minimum absolute atomic E-state index is 0.0425. The molecule has 128 valence electrons. The summed E-state index contributed by atoms with van der Waals surface area (Å²) in [5, 5.41) is 9.84. The highest BCUT2D eigenvalue weighted by molar-refractivity contribution is 5.80. The molecule has 1 aromatic rings. The van der Waals surface area contributed by atoms with Gasteiger partial charge in [-0.05, 0) is 20.3 Å². The predicted molar refractivity (Wildman–Crippen MR) is 85.5 cm³/mol.